The van der Waals surface area contributed by atoms with E-state index in [1.807, 2.05) is 48.1 Å². The van der Waals surface area contributed by atoms with Crippen LogP contribution >= 0.6 is 11.9 Å². The third-order valence-corrected chi connectivity index (χ3v) is 6.32. The van der Waals surface area contributed by atoms with Crippen molar-refractivity contribution >= 4 is 23.8 Å². The highest BCUT2D eigenvalue weighted by Gasteiger charge is 2.23. The van der Waals surface area contributed by atoms with Crippen LogP contribution in [-0.4, -0.2) is 65.4 Å². The molecule has 4 aromatic rings. The molecule has 3 aromatic heterocycles. The molecule has 1 aromatic carbocycles. The highest BCUT2D eigenvalue weighted by atomic mass is 32.2. The Bertz CT molecular complexity index is 1280. The number of rotatable bonds is 8. The summed E-state index contributed by atoms with van der Waals surface area (Å²) in [6.07, 6.45) is 9.17. The second kappa shape index (κ2) is 13.0. The number of methoxy groups -OCH3 is 3. The molecule has 0 saturated carbocycles. The van der Waals surface area contributed by atoms with E-state index >= 15 is 0 Å². The van der Waals surface area contributed by atoms with Gasteiger partial charge in [-0.3, -0.25) is 9.29 Å². The number of aryl methyl sites for hydroxylation is 1. The first-order chi connectivity index (χ1) is 18.6. The van der Waals surface area contributed by atoms with Crippen molar-refractivity contribution in [2.75, 3.05) is 50.3 Å². The maximum atomic E-state index is 5.73. The van der Waals surface area contributed by atoms with E-state index in [9.17, 15) is 0 Å². The molecule has 5 rings (SSSR count). The smallest absolute Gasteiger partial charge is 0.239 e. The summed E-state index contributed by atoms with van der Waals surface area (Å²) in [6, 6.07) is 9.33. The average Bonchev–Trinajstić information content (AvgIpc) is 3.59. The van der Waals surface area contributed by atoms with Crippen LogP contribution in [0.15, 0.2) is 47.1 Å². The molecule has 1 N–H and O–H groups in total. The maximum absolute atomic E-state index is 5.73. The largest absolute Gasteiger partial charge is 0.494 e. The second-order valence-corrected chi connectivity index (χ2v) is 8.99. The van der Waals surface area contributed by atoms with Crippen molar-refractivity contribution in [3.05, 3.63) is 48.5 Å². The molecule has 38 heavy (non-hydrogen) atoms. The van der Waals surface area contributed by atoms with E-state index < -0.39 is 0 Å². The molecule has 0 unspecified atom stereocenters. The maximum Gasteiger partial charge on any atom is 0.239 e. The Morgan fingerprint density at radius 1 is 0.895 bits per heavy atom. The molecule has 0 aliphatic carbocycles. The lowest BCUT2D eigenvalue weighted by atomic mass is 10.1. The predicted octanol–water partition coefficient (Wildman–Crippen LogP) is 5.02. The van der Waals surface area contributed by atoms with Crippen LogP contribution in [0.3, 0.4) is 0 Å². The van der Waals surface area contributed by atoms with Crippen molar-refractivity contribution in [3.8, 4) is 34.5 Å². The van der Waals surface area contributed by atoms with Crippen LogP contribution in [0.5, 0.6) is 17.2 Å². The minimum absolute atomic E-state index is 0.550. The average molecular weight is 540 g/mol. The number of ether oxygens (including phenoxy) is 3. The van der Waals surface area contributed by atoms with Crippen molar-refractivity contribution in [2.45, 2.75) is 26.2 Å². The van der Waals surface area contributed by atoms with Gasteiger partial charge in [0.2, 0.25) is 17.7 Å². The van der Waals surface area contributed by atoms with E-state index in [-0.39, 0.29) is 0 Å². The summed E-state index contributed by atoms with van der Waals surface area (Å²) < 4.78 is 26.7. The van der Waals surface area contributed by atoms with Gasteiger partial charge >= 0.3 is 0 Å². The summed E-state index contributed by atoms with van der Waals surface area (Å²) in [4.78, 5) is 10.8. The molecule has 12 heteroatoms. The first-order valence-corrected chi connectivity index (χ1v) is 13.5. The first kappa shape index (κ1) is 27.1. The topological polar surface area (TPSA) is 113 Å². The predicted molar refractivity (Wildman–Crippen MR) is 149 cm³/mol. The Labute approximate surface area is 226 Å². The molecule has 202 valence electrons. The molecule has 0 amide bonds. The van der Waals surface area contributed by atoms with E-state index in [0.29, 0.717) is 40.5 Å². The lowest BCUT2D eigenvalue weighted by molar-refractivity contribution is 0.391. The van der Waals surface area contributed by atoms with Crippen molar-refractivity contribution in [2.24, 2.45) is 0 Å². The molecule has 0 spiro atoms. The Morgan fingerprint density at radius 3 is 2.13 bits per heavy atom. The number of para-hydroxylation sites is 1. The van der Waals surface area contributed by atoms with Gasteiger partial charge < -0.3 is 23.5 Å². The normalized spacial score (nSPS) is 12.9. The molecule has 1 saturated heterocycles. The molecular weight excluding hydrogens is 506 g/mol. The summed E-state index contributed by atoms with van der Waals surface area (Å²) in [5.74, 6) is 5.34. The number of piperidine rings is 1. The van der Waals surface area contributed by atoms with E-state index in [1.54, 1.807) is 33.7 Å². The minimum atomic E-state index is 0.550. The second-order valence-electron chi connectivity index (χ2n) is 8.38. The SMILES string of the molecule is COc1cccc(OC)c1-n1c(NSC)nnc1-c1ccc(C)o1.COc1cnc(N2CCCCC2)nc1. The van der Waals surface area contributed by atoms with Crippen molar-refractivity contribution in [1.82, 2.24) is 24.7 Å². The fourth-order valence-electron chi connectivity index (χ4n) is 4.09. The third kappa shape index (κ3) is 6.13. The van der Waals surface area contributed by atoms with Gasteiger partial charge in [0.05, 0.1) is 33.7 Å². The number of hydrogen-bond donors (Lipinski definition) is 1. The molecule has 0 bridgehead atoms. The Balaban J connectivity index is 0.000000204. The molecule has 4 heterocycles. The van der Waals surface area contributed by atoms with Gasteiger partial charge in [-0.05, 0) is 50.5 Å². The zero-order chi connectivity index (χ0) is 26.9. The number of benzene rings is 1. The Morgan fingerprint density at radius 2 is 1.58 bits per heavy atom. The lowest BCUT2D eigenvalue weighted by Gasteiger charge is -2.26. The Kier molecular flexibility index (Phi) is 9.30. The summed E-state index contributed by atoms with van der Waals surface area (Å²) in [5.41, 5.74) is 0.702. The lowest BCUT2D eigenvalue weighted by Crippen LogP contribution is -2.30. The zero-order valence-corrected chi connectivity index (χ0v) is 23.1. The number of hydrogen-bond acceptors (Lipinski definition) is 11. The van der Waals surface area contributed by atoms with Gasteiger partial charge in [-0.15, -0.1) is 10.2 Å². The van der Waals surface area contributed by atoms with Crippen LogP contribution in [-0.2, 0) is 0 Å². The molecule has 11 nitrogen and oxygen atoms in total. The number of nitrogens with zero attached hydrogens (tertiary/aromatic N) is 6. The first-order valence-electron chi connectivity index (χ1n) is 12.2. The number of furan rings is 1. The summed E-state index contributed by atoms with van der Waals surface area (Å²) >= 11 is 1.42. The highest BCUT2D eigenvalue weighted by molar-refractivity contribution is 7.99. The quantitative estimate of drug-likeness (QED) is 0.305. The fraction of sp³-hybridized carbons (Fsp3) is 0.385. The summed E-state index contributed by atoms with van der Waals surface area (Å²) in [7, 11) is 4.85. The van der Waals surface area contributed by atoms with Crippen LogP contribution in [0.2, 0.25) is 0 Å². The van der Waals surface area contributed by atoms with E-state index in [1.165, 1.54) is 31.2 Å². The number of aromatic nitrogens is 5. The highest BCUT2D eigenvalue weighted by Crippen LogP contribution is 2.38. The summed E-state index contributed by atoms with van der Waals surface area (Å²) in [5, 5.41) is 8.51. The van der Waals surface area contributed by atoms with Crippen LogP contribution < -0.4 is 23.8 Å². The van der Waals surface area contributed by atoms with Crippen molar-refractivity contribution < 1.29 is 18.6 Å². The molecule has 1 aliphatic heterocycles. The van der Waals surface area contributed by atoms with Gasteiger partial charge in [0.15, 0.2) is 11.5 Å². The van der Waals surface area contributed by atoms with Crippen molar-refractivity contribution in [1.29, 1.82) is 0 Å². The fourth-order valence-corrected chi connectivity index (χ4v) is 4.41. The van der Waals surface area contributed by atoms with Gasteiger partial charge in [-0.2, -0.15) is 0 Å². The molecule has 1 fully saturated rings. The van der Waals surface area contributed by atoms with Gasteiger partial charge in [0.25, 0.3) is 0 Å². The van der Waals surface area contributed by atoms with Crippen LogP contribution in [0.4, 0.5) is 11.9 Å². The number of nitrogens with one attached hydrogen (secondary N) is 1. The van der Waals surface area contributed by atoms with Gasteiger partial charge in [0, 0.05) is 19.3 Å². The summed E-state index contributed by atoms with van der Waals surface area (Å²) in [6.45, 7) is 4.04. The monoisotopic (exact) mass is 539 g/mol. The van der Waals surface area contributed by atoms with Gasteiger partial charge in [0.1, 0.15) is 22.9 Å². The van der Waals surface area contributed by atoms with Crippen LogP contribution in [0.25, 0.3) is 17.3 Å². The molecule has 0 radical (unpaired) electrons. The van der Waals surface area contributed by atoms with Crippen molar-refractivity contribution in [3.63, 3.8) is 0 Å². The molecule has 1 aliphatic rings. The van der Waals surface area contributed by atoms with E-state index in [0.717, 1.165) is 24.8 Å². The third-order valence-electron chi connectivity index (χ3n) is 5.93. The van der Waals surface area contributed by atoms with Crippen LogP contribution in [0, 0.1) is 6.92 Å². The zero-order valence-electron chi connectivity index (χ0n) is 22.3. The standard InChI is InChI=1S/C16H18N4O3S.C10H15N3O/c1-10-8-9-13(23-10)15-17-18-16(19-24-4)20(15)14-11(21-2)6-5-7-12(14)22-3;1-14-9-7-11-10(12-8-9)13-5-3-2-4-6-13/h5-9H,1-4H3,(H,18,19);7-8H,2-6H2,1H3. The van der Waals surface area contributed by atoms with E-state index in [2.05, 4.69) is 29.8 Å². The van der Waals surface area contributed by atoms with Gasteiger partial charge in [-0.1, -0.05) is 18.0 Å². The van der Waals surface area contributed by atoms with Crippen LogP contribution in [0.1, 0.15) is 25.0 Å². The number of anilines is 2. The molecular formula is C26H33N7O4S. The van der Waals surface area contributed by atoms with Gasteiger partial charge in [-0.25, -0.2) is 9.97 Å². The minimum Gasteiger partial charge on any atom is -0.494 e. The Hall–Kier alpha value is -3.93. The molecule has 0 atom stereocenters. The van der Waals surface area contributed by atoms with E-state index in [4.69, 9.17) is 18.6 Å².